The molecule has 0 amide bonds. The van der Waals surface area contributed by atoms with E-state index >= 15 is 0 Å². The third kappa shape index (κ3) is 5.78. The number of hydrogen-bond acceptors (Lipinski definition) is 4. The van der Waals surface area contributed by atoms with Gasteiger partial charge in [-0.2, -0.15) is 0 Å². The van der Waals surface area contributed by atoms with Gasteiger partial charge in [-0.15, -0.1) is 0 Å². The maximum absolute atomic E-state index is 13.5. The van der Waals surface area contributed by atoms with Crippen LogP contribution in [0.4, 0.5) is 4.39 Å². The number of carboxylic acids is 1. The summed E-state index contributed by atoms with van der Waals surface area (Å²) in [5, 5.41) is 20.4. The van der Waals surface area contributed by atoms with E-state index in [-0.39, 0.29) is 53.8 Å². The first-order chi connectivity index (χ1) is 10.6. The average Bonchev–Trinajstić information content (AvgIpc) is 2.51. The molecule has 4 nitrogen and oxygen atoms in total. The minimum Gasteiger partial charge on any atom is -0.550 e. The minimum atomic E-state index is -1.13. The van der Waals surface area contributed by atoms with E-state index in [2.05, 4.69) is 4.99 Å². The molecule has 23 heavy (non-hydrogen) atoms. The van der Waals surface area contributed by atoms with Gasteiger partial charge in [-0.1, -0.05) is 30.3 Å². The van der Waals surface area contributed by atoms with E-state index in [1.807, 2.05) is 18.2 Å². The molecule has 0 spiro atoms. The van der Waals surface area contributed by atoms with Gasteiger partial charge in [0.1, 0.15) is 11.6 Å². The third-order valence-corrected chi connectivity index (χ3v) is 3.07. The van der Waals surface area contributed by atoms with Crippen molar-refractivity contribution in [2.45, 2.75) is 12.8 Å². The third-order valence-electron chi connectivity index (χ3n) is 3.07. The average molecular weight is 323 g/mol. The van der Waals surface area contributed by atoms with Gasteiger partial charge in [-0.25, -0.2) is 4.39 Å². The van der Waals surface area contributed by atoms with E-state index in [1.54, 1.807) is 12.1 Å². The summed E-state index contributed by atoms with van der Waals surface area (Å²) in [7, 11) is 0. The molecule has 0 fully saturated rings. The van der Waals surface area contributed by atoms with Crippen molar-refractivity contribution in [1.29, 1.82) is 0 Å². The Bertz CT molecular complexity index is 689. The van der Waals surface area contributed by atoms with Crippen molar-refractivity contribution < 1.29 is 49.0 Å². The molecule has 0 atom stereocenters. The summed E-state index contributed by atoms with van der Waals surface area (Å²) in [6, 6.07) is 12.7. The standard InChI is InChI=1S/C17H16FNO3.Na/c18-13-8-9-15(20)14(11-13)17(12-5-2-1-3-6-12)19-10-4-7-16(21)22;/h1-3,5-6,8-9,11,20H,4,7,10H2,(H,21,22);/q;+1/p-1. The van der Waals surface area contributed by atoms with Gasteiger partial charge < -0.3 is 15.0 Å². The number of carbonyl (C=O) groups excluding carboxylic acids is 1. The fourth-order valence-corrected chi connectivity index (χ4v) is 2.04. The van der Waals surface area contributed by atoms with Gasteiger partial charge >= 0.3 is 29.6 Å². The van der Waals surface area contributed by atoms with E-state index in [4.69, 9.17) is 0 Å². The smallest absolute Gasteiger partial charge is 0.550 e. The molecule has 0 saturated carbocycles. The number of nitrogens with zero attached hydrogens (tertiary/aromatic N) is 1. The SMILES string of the molecule is O=C([O-])CCCN=C(c1ccccc1)c1cc(F)ccc1O.[Na+]. The van der Waals surface area contributed by atoms with Gasteiger partial charge in [-0.05, 0) is 31.0 Å². The number of halogens is 1. The fourth-order valence-electron chi connectivity index (χ4n) is 2.04. The largest absolute Gasteiger partial charge is 1.00 e. The Hall–Kier alpha value is -1.69. The molecule has 2 aromatic rings. The number of carbonyl (C=O) groups is 1. The van der Waals surface area contributed by atoms with Crippen molar-refractivity contribution in [2.75, 3.05) is 6.54 Å². The van der Waals surface area contributed by atoms with E-state index in [0.29, 0.717) is 12.1 Å². The summed E-state index contributed by atoms with van der Waals surface area (Å²) >= 11 is 0. The van der Waals surface area contributed by atoms with Crippen LogP contribution >= 0.6 is 0 Å². The maximum Gasteiger partial charge on any atom is 1.00 e. The monoisotopic (exact) mass is 323 g/mol. The van der Waals surface area contributed by atoms with Gasteiger partial charge in [0.15, 0.2) is 0 Å². The number of aliphatic carboxylic acids is 1. The molecule has 2 rings (SSSR count). The zero-order chi connectivity index (χ0) is 15.9. The van der Waals surface area contributed by atoms with Crippen LogP contribution in [0.2, 0.25) is 0 Å². The van der Waals surface area contributed by atoms with Crippen LogP contribution < -0.4 is 34.7 Å². The van der Waals surface area contributed by atoms with Crippen molar-refractivity contribution in [2.24, 2.45) is 4.99 Å². The zero-order valence-electron chi connectivity index (χ0n) is 12.8. The molecule has 0 radical (unpaired) electrons. The number of rotatable bonds is 6. The second-order valence-electron chi connectivity index (χ2n) is 4.73. The van der Waals surface area contributed by atoms with Crippen LogP contribution in [0.1, 0.15) is 24.0 Å². The number of benzene rings is 2. The topological polar surface area (TPSA) is 72.7 Å². The van der Waals surface area contributed by atoms with E-state index in [9.17, 15) is 19.4 Å². The normalized spacial score (nSPS) is 10.9. The summed E-state index contributed by atoms with van der Waals surface area (Å²) < 4.78 is 13.5. The minimum absolute atomic E-state index is 0. The summed E-state index contributed by atoms with van der Waals surface area (Å²) in [6.07, 6.45) is 0.218. The molecule has 114 valence electrons. The van der Waals surface area contributed by atoms with Gasteiger partial charge in [0.25, 0.3) is 0 Å². The van der Waals surface area contributed by atoms with Crippen LogP contribution in [-0.2, 0) is 4.79 Å². The Balaban J connectivity index is 0.00000264. The fraction of sp³-hybridized carbons (Fsp3) is 0.176. The molecular formula is C17H15FNNaO3. The Morgan fingerprint density at radius 3 is 2.52 bits per heavy atom. The molecule has 0 aromatic heterocycles. The molecule has 0 aliphatic rings. The van der Waals surface area contributed by atoms with Crippen LogP contribution in [0.5, 0.6) is 5.75 Å². The predicted octanol–water partition coefficient (Wildman–Crippen LogP) is -1.10. The van der Waals surface area contributed by atoms with Crippen molar-refractivity contribution in [1.82, 2.24) is 0 Å². The van der Waals surface area contributed by atoms with E-state index in [1.165, 1.54) is 12.1 Å². The summed E-state index contributed by atoms with van der Waals surface area (Å²) in [5.41, 5.74) is 1.42. The number of phenolic OH excluding ortho intramolecular Hbond substituents is 1. The van der Waals surface area contributed by atoms with Crippen LogP contribution in [0.25, 0.3) is 0 Å². The molecular weight excluding hydrogens is 308 g/mol. The second kappa shape index (κ2) is 9.45. The predicted molar refractivity (Wildman–Crippen MR) is 79.3 cm³/mol. The quantitative estimate of drug-likeness (QED) is 0.417. The zero-order valence-corrected chi connectivity index (χ0v) is 14.8. The Labute approximate surface area is 156 Å². The summed E-state index contributed by atoms with van der Waals surface area (Å²) in [4.78, 5) is 14.8. The first kappa shape index (κ1) is 19.4. The summed E-state index contributed by atoms with van der Waals surface area (Å²) in [5.74, 6) is -1.69. The molecule has 0 aliphatic heterocycles. The molecule has 1 N–H and O–H groups in total. The molecule has 0 bridgehead atoms. The maximum atomic E-state index is 13.5. The number of aromatic hydroxyl groups is 1. The first-order valence-corrected chi connectivity index (χ1v) is 6.86. The van der Waals surface area contributed by atoms with Crippen molar-refractivity contribution in [3.05, 3.63) is 65.5 Å². The Morgan fingerprint density at radius 1 is 1.17 bits per heavy atom. The molecule has 2 aromatic carbocycles. The number of phenols is 1. The van der Waals surface area contributed by atoms with Gasteiger partial charge in [0.2, 0.25) is 0 Å². The molecule has 0 saturated heterocycles. The van der Waals surface area contributed by atoms with Gasteiger partial charge in [0, 0.05) is 23.6 Å². The Morgan fingerprint density at radius 2 is 1.87 bits per heavy atom. The second-order valence-corrected chi connectivity index (χ2v) is 4.73. The van der Waals surface area contributed by atoms with E-state index < -0.39 is 11.8 Å². The number of aliphatic imine (C=N–C) groups is 1. The van der Waals surface area contributed by atoms with Gasteiger partial charge in [-0.3, -0.25) is 4.99 Å². The molecule has 0 heterocycles. The van der Waals surface area contributed by atoms with Crippen molar-refractivity contribution >= 4 is 11.7 Å². The Kier molecular flexibility index (Phi) is 7.95. The molecule has 0 aliphatic carbocycles. The van der Waals surface area contributed by atoms with Crippen LogP contribution in [0, 0.1) is 5.82 Å². The van der Waals surface area contributed by atoms with Crippen LogP contribution in [0.15, 0.2) is 53.5 Å². The van der Waals surface area contributed by atoms with Crippen LogP contribution in [0.3, 0.4) is 0 Å². The van der Waals surface area contributed by atoms with Crippen LogP contribution in [-0.4, -0.2) is 23.3 Å². The number of hydrogen-bond donors (Lipinski definition) is 1. The van der Waals surface area contributed by atoms with Crippen molar-refractivity contribution in [3.8, 4) is 5.75 Å². The van der Waals surface area contributed by atoms with Crippen molar-refractivity contribution in [3.63, 3.8) is 0 Å². The molecule has 0 unspecified atom stereocenters. The number of carboxylic acid groups (broad SMARTS) is 1. The molecule has 6 heteroatoms. The first-order valence-electron chi connectivity index (χ1n) is 6.86. The van der Waals surface area contributed by atoms with E-state index in [0.717, 1.165) is 11.6 Å². The van der Waals surface area contributed by atoms with Gasteiger partial charge in [0.05, 0.1) is 5.71 Å². The summed E-state index contributed by atoms with van der Waals surface area (Å²) in [6.45, 7) is 0.244.